The summed E-state index contributed by atoms with van der Waals surface area (Å²) in [4.78, 5) is 42.8. The quantitative estimate of drug-likeness (QED) is 0.581. The first kappa shape index (κ1) is 25.7. The Hall–Kier alpha value is -3.35. The van der Waals surface area contributed by atoms with Crippen molar-refractivity contribution in [2.45, 2.75) is 76.0 Å². The molecule has 0 radical (unpaired) electrons. The van der Waals surface area contributed by atoms with Gasteiger partial charge in [-0.05, 0) is 37.8 Å². The lowest BCUT2D eigenvalue weighted by atomic mass is 9.79. The van der Waals surface area contributed by atoms with Crippen molar-refractivity contribution in [2.75, 3.05) is 7.11 Å². The zero-order valence-corrected chi connectivity index (χ0v) is 21.4. The maximum atomic E-state index is 14.0. The second kappa shape index (κ2) is 11.6. The predicted octanol–water partition coefficient (Wildman–Crippen LogP) is 4.55. The van der Waals surface area contributed by atoms with Gasteiger partial charge in [-0.25, -0.2) is 4.79 Å². The van der Waals surface area contributed by atoms with E-state index in [0.717, 1.165) is 36.8 Å². The van der Waals surface area contributed by atoms with Crippen molar-refractivity contribution in [1.82, 2.24) is 15.5 Å². The van der Waals surface area contributed by atoms with E-state index in [1.54, 1.807) is 4.90 Å². The lowest BCUT2D eigenvalue weighted by Crippen LogP contribution is -2.54. The zero-order valence-electron chi connectivity index (χ0n) is 21.4. The number of esters is 1. The third-order valence-corrected chi connectivity index (χ3v) is 7.33. The number of carbonyl (C=O) groups is 3. The van der Waals surface area contributed by atoms with E-state index in [0.29, 0.717) is 0 Å². The molecule has 2 aromatic rings. The molecule has 4 unspecified atom stereocenters. The Balaban J connectivity index is 1.86. The van der Waals surface area contributed by atoms with Crippen LogP contribution in [0.1, 0.15) is 69.0 Å². The topological polar surface area (TPSA) is 87.7 Å². The molecule has 2 aliphatic rings. The van der Waals surface area contributed by atoms with Gasteiger partial charge < -0.3 is 20.3 Å². The van der Waals surface area contributed by atoms with Crippen LogP contribution < -0.4 is 10.6 Å². The van der Waals surface area contributed by atoms with Crippen LogP contribution in [0.5, 0.6) is 0 Å². The Morgan fingerprint density at radius 2 is 1.47 bits per heavy atom. The lowest BCUT2D eigenvalue weighted by Gasteiger charge is -2.34. The summed E-state index contributed by atoms with van der Waals surface area (Å²) in [5, 5.41) is 6.21. The molecule has 1 aliphatic carbocycles. The van der Waals surface area contributed by atoms with Gasteiger partial charge in [0.15, 0.2) is 0 Å². The molecule has 3 amide bonds. The van der Waals surface area contributed by atoms with Gasteiger partial charge in [-0.3, -0.25) is 9.59 Å². The van der Waals surface area contributed by atoms with Crippen LogP contribution in [0, 0.1) is 5.92 Å². The Morgan fingerprint density at radius 3 is 2.03 bits per heavy atom. The second-order valence-electron chi connectivity index (χ2n) is 10.1. The number of carbonyl (C=O) groups excluding carboxylic acids is 3. The molecule has 0 aromatic heterocycles. The highest BCUT2D eigenvalue weighted by atomic mass is 16.5. The average Bonchev–Trinajstić information content (AvgIpc) is 3.26. The van der Waals surface area contributed by atoms with Crippen LogP contribution in [0.15, 0.2) is 60.7 Å². The van der Waals surface area contributed by atoms with Crippen molar-refractivity contribution in [1.29, 1.82) is 0 Å². The number of rotatable bonds is 6. The van der Waals surface area contributed by atoms with E-state index in [1.165, 1.54) is 13.5 Å². The van der Waals surface area contributed by atoms with E-state index in [2.05, 4.69) is 10.6 Å². The van der Waals surface area contributed by atoms with Gasteiger partial charge in [-0.15, -0.1) is 0 Å². The number of hydrogen-bond acceptors (Lipinski definition) is 4. The van der Waals surface area contributed by atoms with Crippen molar-refractivity contribution < 1.29 is 19.1 Å². The van der Waals surface area contributed by atoms with Gasteiger partial charge in [0.1, 0.15) is 6.04 Å². The summed E-state index contributed by atoms with van der Waals surface area (Å²) < 4.78 is 5.30. The molecule has 2 fully saturated rings. The van der Waals surface area contributed by atoms with E-state index in [-0.39, 0.29) is 24.0 Å². The minimum atomic E-state index is -0.882. The Morgan fingerprint density at radius 1 is 0.889 bits per heavy atom. The van der Waals surface area contributed by atoms with E-state index in [4.69, 9.17) is 4.74 Å². The van der Waals surface area contributed by atoms with Crippen molar-refractivity contribution >= 4 is 17.9 Å². The van der Waals surface area contributed by atoms with Crippen molar-refractivity contribution in [3.8, 4) is 0 Å². The molecule has 2 N–H and O–H groups in total. The first-order valence-electron chi connectivity index (χ1n) is 13.0. The molecule has 7 nitrogen and oxygen atoms in total. The van der Waals surface area contributed by atoms with Crippen LogP contribution >= 0.6 is 0 Å². The highest BCUT2D eigenvalue weighted by molar-refractivity contribution is 5.92. The number of benzene rings is 2. The number of likely N-dealkylation sites (tertiary alicyclic amines) is 1. The molecule has 36 heavy (non-hydrogen) atoms. The SMILES string of the molecule is COC(=O)C1C(c2ccccc2)C(C(=O)NC(C)C)N(C(=O)NC2CCCCC2)C1c1ccccc1. The molecule has 1 aliphatic heterocycles. The summed E-state index contributed by atoms with van der Waals surface area (Å²) in [5.74, 6) is -2.03. The predicted molar refractivity (Wildman–Crippen MR) is 138 cm³/mol. The van der Waals surface area contributed by atoms with E-state index in [1.807, 2.05) is 74.5 Å². The molecule has 2 aromatic carbocycles. The molecular formula is C29H37N3O4. The van der Waals surface area contributed by atoms with Gasteiger partial charge in [0, 0.05) is 18.0 Å². The minimum Gasteiger partial charge on any atom is -0.469 e. The standard InChI is InChI=1S/C29H37N3O4/c1-19(2)30-27(33)26-23(20-13-7-4-8-14-20)24(28(34)36-3)25(21-15-9-5-10-16-21)32(26)29(35)31-22-17-11-6-12-18-22/h4-5,7-10,13-16,19,22-26H,6,11-12,17-18H2,1-3H3,(H,30,33)(H,31,35). The van der Waals surface area contributed by atoms with Crippen LogP contribution in [0.2, 0.25) is 0 Å². The lowest BCUT2D eigenvalue weighted by molar-refractivity contribution is -0.146. The van der Waals surface area contributed by atoms with Crippen LogP contribution in [0.4, 0.5) is 4.79 Å². The summed E-state index contributed by atoms with van der Waals surface area (Å²) in [6.45, 7) is 3.78. The third-order valence-electron chi connectivity index (χ3n) is 7.33. The molecule has 1 heterocycles. The fourth-order valence-corrected chi connectivity index (χ4v) is 5.81. The normalized spacial score (nSPS) is 24.4. The third kappa shape index (κ3) is 5.40. The molecule has 1 saturated heterocycles. The highest BCUT2D eigenvalue weighted by Crippen LogP contribution is 2.50. The Bertz CT molecular complexity index is 1040. The van der Waals surface area contributed by atoms with Gasteiger partial charge >= 0.3 is 12.0 Å². The van der Waals surface area contributed by atoms with Crippen LogP contribution in [0.3, 0.4) is 0 Å². The van der Waals surface area contributed by atoms with E-state index < -0.39 is 29.9 Å². The van der Waals surface area contributed by atoms with Gasteiger partial charge in [0.05, 0.1) is 19.1 Å². The molecule has 7 heteroatoms. The first-order chi connectivity index (χ1) is 17.4. The van der Waals surface area contributed by atoms with Gasteiger partial charge in [0.2, 0.25) is 5.91 Å². The number of ether oxygens (including phenoxy) is 1. The van der Waals surface area contributed by atoms with Crippen LogP contribution in [-0.2, 0) is 14.3 Å². The number of urea groups is 1. The van der Waals surface area contributed by atoms with Gasteiger partial charge in [-0.2, -0.15) is 0 Å². The van der Waals surface area contributed by atoms with Crippen molar-refractivity contribution in [2.24, 2.45) is 5.92 Å². The molecule has 0 bridgehead atoms. The molecule has 192 valence electrons. The van der Waals surface area contributed by atoms with Crippen molar-refractivity contribution in [3.63, 3.8) is 0 Å². The average molecular weight is 492 g/mol. The fourth-order valence-electron chi connectivity index (χ4n) is 5.81. The summed E-state index contributed by atoms with van der Waals surface area (Å²) in [6, 6.07) is 17.1. The van der Waals surface area contributed by atoms with E-state index >= 15 is 0 Å². The maximum absolute atomic E-state index is 14.0. The maximum Gasteiger partial charge on any atom is 0.318 e. The molecule has 4 atom stereocenters. The number of hydrogen-bond donors (Lipinski definition) is 2. The number of nitrogens with one attached hydrogen (secondary N) is 2. The van der Waals surface area contributed by atoms with Crippen molar-refractivity contribution in [3.05, 3.63) is 71.8 Å². The largest absolute Gasteiger partial charge is 0.469 e. The smallest absolute Gasteiger partial charge is 0.318 e. The van der Waals surface area contributed by atoms with Gasteiger partial charge in [-0.1, -0.05) is 79.9 Å². The number of methoxy groups -OCH3 is 1. The zero-order chi connectivity index (χ0) is 25.7. The summed E-state index contributed by atoms with van der Waals surface area (Å²) >= 11 is 0. The van der Waals surface area contributed by atoms with Crippen LogP contribution in [0.25, 0.3) is 0 Å². The summed E-state index contributed by atoms with van der Waals surface area (Å²) in [5.41, 5.74) is 1.62. The fraction of sp³-hybridized carbons (Fsp3) is 0.483. The minimum absolute atomic E-state index is 0.0591. The number of nitrogens with zero attached hydrogens (tertiary/aromatic N) is 1. The van der Waals surface area contributed by atoms with Gasteiger partial charge in [0.25, 0.3) is 0 Å². The first-order valence-corrected chi connectivity index (χ1v) is 13.0. The van der Waals surface area contributed by atoms with E-state index in [9.17, 15) is 14.4 Å². The summed E-state index contributed by atoms with van der Waals surface area (Å²) in [7, 11) is 1.36. The number of amides is 3. The molecule has 0 spiro atoms. The van der Waals surface area contributed by atoms with Crippen LogP contribution in [-0.4, -0.2) is 48.0 Å². The highest BCUT2D eigenvalue weighted by Gasteiger charge is 2.58. The molecular weight excluding hydrogens is 454 g/mol. The second-order valence-corrected chi connectivity index (χ2v) is 10.1. The Kier molecular flexibility index (Phi) is 8.28. The Labute approximate surface area is 213 Å². The molecule has 1 saturated carbocycles. The monoisotopic (exact) mass is 491 g/mol. The summed E-state index contributed by atoms with van der Waals surface area (Å²) in [6.07, 6.45) is 5.15. The molecule has 4 rings (SSSR count).